The maximum absolute atomic E-state index is 14.9. The standard InChI is InChI=1S/C23H25F5N2/c1-7-13-9(3)22(29-11(13)5)16(23-10(4)14(8-2)12(6)30-23)15-17(24)19(26)21(28)20(27)18(15)25/h16,29-30H,7-8H2,1-6H3. The minimum absolute atomic E-state index is 0.416. The number of hydrogen-bond donors (Lipinski definition) is 2. The highest BCUT2D eigenvalue weighted by Gasteiger charge is 2.36. The van der Waals surface area contributed by atoms with Crippen LogP contribution >= 0.6 is 0 Å². The van der Waals surface area contributed by atoms with Crippen molar-refractivity contribution in [2.75, 3.05) is 0 Å². The zero-order valence-electron chi connectivity index (χ0n) is 17.9. The molecule has 30 heavy (non-hydrogen) atoms. The fourth-order valence-corrected chi connectivity index (χ4v) is 4.58. The van der Waals surface area contributed by atoms with Crippen molar-refractivity contribution in [3.63, 3.8) is 0 Å². The molecular weight excluding hydrogens is 399 g/mol. The third-order valence-corrected chi connectivity index (χ3v) is 6.08. The molecule has 0 unspecified atom stereocenters. The number of aromatic amines is 2. The molecule has 0 fully saturated rings. The van der Waals surface area contributed by atoms with Gasteiger partial charge in [-0.15, -0.1) is 0 Å². The summed E-state index contributed by atoms with van der Waals surface area (Å²) in [7, 11) is 0. The van der Waals surface area contributed by atoms with Gasteiger partial charge in [0.2, 0.25) is 5.82 Å². The highest BCUT2D eigenvalue weighted by Crippen LogP contribution is 2.41. The Morgan fingerprint density at radius 1 is 0.600 bits per heavy atom. The lowest BCUT2D eigenvalue weighted by Gasteiger charge is -2.21. The third-order valence-electron chi connectivity index (χ3n) is 6.08. The first-order valence-electron chi connectivity index (χ1n) is 9.93. The van der Waals surface area contributed by atoms with E-state index >= 15 is 0 Å². The number of benzene rings is 1. The molecule has 0 aliphatic carbocycles. The largest absolute Gasteiger partial charge is 0.361 e. The van der Waals surface area contributed by atoms with Gasteiger partial charge in [0, 0.05) is 28.3 Å². The van der Waals surface area contributed by atoms with Gasteiger partial charge < -0.3 is 9.97 Å². The van der Waals surface area contributed by atoms with Gasteiger partial charge in [-0.05, 0) is 62.8 Å². The van der Waals surface area contributed by atoms with E-state index in [4.69, 9.17) is 0 Å². The fourth-order valence-electron chi connectivity index (χ4n) is 4.58. The molecule has 0 atom stereocenters. The van der Waals surface area contributed by atoms with Crippen LogP contribution < -0.4 is 0 Å². The molecule has 2 nitrogen and oxygen atoms in total. The molecule has 0 saturated carbocycles. The minimum Gasteiger partial charge on any atom is -0.361 e. The number of aromatic nitrogens is 2. The molecule has 3 rings (SSSR count). The molecule has 0 spiro atoms. The normalized spacial score (nSPS) is 11.7. The Labute approximate surface area is 172 Å². The zero-order chi connectivity index (χ0) is 22.5. The highest BCUT2D eigenvalue weighted by molar-refractivity contribution is 5.51. The summed E-state index contributed by atoms with van der Waals surface area (Å²) in [5, 5.41) is 0. The monoisotopic (exact) mass is 424 g/mol. The highest BCUT2D eigenvalue weighted by atomic mass is 19.2. The van der Waals surface area contributed by atoms with Crippen LogP contribution in [0.4, 0.5) is 22.0 Å². The van der Waals surface area contributed by atoms with E-state index in [0.29, 0.717) is 24.2 Å². The van der Waals surface area contributed by atoms with Gasteiger partial charge in [-0.3, -0.25) is 0 Å². The average Bonchev–Trinajstić information content (AvgIpc) is 3.15. The topological polar surface area (TPSA) is 31.6 Å². The van der Waals surface area contributed by atoms with Gasteiger partial charge in [-0.25, -0.2) is 22.0 Å². The first-order chi connectivity index (χ1) is 14.1. The van der Waals surface area contributed by atoms with E-state index < -0.39 is 40.6 Å². The molecule has 2 N–H and O–H groups in total. The van der Waals surface area contributed by atoms with Crippen molar-refractivity contribution in [1.29, 1.82) is 0 Å². The quantitative estimate of drug-likeness (QED) is 0.264. The molecule has 0 bridgehead atoms. The zero-order valence-corrected chi connectivity index (χ0v) is 17.9. The summed E-state index contributed by atoms with van der Waals surface area (Å²) >= 11 is 0. The van der Waals surface area contributed by atoms with Crippen LogP contribution in [0.5, 0.6) is 0 Å². The second-order valence-electron chi connectivity index (χ2n) is 7.66. The number of rotatable bonds is 5. The first kappa shape index (κ1) is 22.1. The molecule has 0 aliphatic rings. The summed E-state index contributed by atoms with van der Waals surface area (Å²) in [6.07, 6.45) is 1.34. The van der Waals surface area contributed by atoms with Crippen molar-refractivity contribution in [3.05, 3.63) is 79.7 Å². The molecule has 0 saturated heterocycles. The molecular formula is C23H25F5N2. The summed E-state index contributed by atoms with van der Waals surface area (Å²) in [5.74, 6) is -10.9. The van der Waals surface area contributed by atoms with Crippen molar-refractivity contribution in [1.82, 2.24) is 9.97 Å². The van der Waals surface area contributed by atoms with Crippen molar-refractivity contribution in [2.45, 2.75) is 60.3 Å². The fraction of sp³-hybridized carbons (Fsp3) is 0.391. The number of nitrogens with one attached hydrogen (secondary N) is 2. The second-order valence-corrected chi connectivity index (χ2v) is 7.66. The number of halogens is 5. The summed E-state index contributed by atoms with van der Waals surface area (Å²) < 4.78 is 71.8. The lowest BCUT2D eigenvalue weighted by molar-refractivity contribution is 0.368. The lowest BCUT2D eigenvalue weighted by Crippen LogP contribution is -2.16. The average molecular weight is 424 g/mol. The number of aryl methyl sites for hydroxylation is 2. The van der Waals surface area contributed by atoms with E-state index in [9.17, 15) is 22.0 Å². The molecule has 2 aromatic heterocycles. The van der Waals surface area contributed by atoms with Crippen LogP contribution in [0.3, 0.4) is 0 Å². The van der Waals surface area contributed by atoms with E-state index in [0.717, 1.165) is 33.6 Å². The summed E-state index contributed by atoms with van der Waals surface area (Å²) in [4.78, 5) is 6.30. The van der Waals surface area contributed by atoms with Gasteiger partial charge in [-0.1, -0.05) is 13.8 Å². The Morgan fingerprint density at radius 3 is 1.23 bits per heavy atom. The summed E-state index contributed by atoms with van der Waals surface area (Å²) in [5.41, 5.74) is 4.98. The van der Waals surface area contributed by atoms with Gasteiger partial charge >= 0.3 is 0 Å². The predicted octanol–water partition coefficient (Wildman–Crippen LogP) is 6.58. The van der Waals surface area contributed by atoms with E-state index in [-0.39, 0.29) is 0 Å². The van der Waals surface area contributed by atoms with Crippen LogP contribution in [0, 0.1) is 56.8 Å². The predicted molar refractivity (Wildman–Crippen MR) is 106 cm³/mol. The smallest absolute Gasteiger partial charge is 0.200 e. The van der Waals surface area contributed by atoms with E-state index in [2.05, 4.69) is 9.97 Å². The van der Waals surface area contributed by atoms with Crippen molar-refractivity contribution in [2.24, 2.45) is 0 Å². The summed E-state index contributed by atoms with van der Waals surface area (Å²) in [6.45, 7) is 11.1. The lowest BCUT2D eigenvalue weighted by atomic mass is 9.86. The Morgan fingerprint density at radius 2 is 0.933 bits per heavy atom. The summed E-state index contributed by atoms with van der Waals surface area (Å²) in [6, 6.07) is 0. The van der Waals surface area contributed by atoms with Gasteiger partial charge in [0.05, 0.1) is 5.92 Å². The molecule has 162 valence electrons. The van der Waals surface area contributed by atoms with Crippen molar-refractivity contribution in [3.8, 4) is 0 Å². The van der Waals surface area contributed by atoms with Crippen LogP contribution in [0.25, 0.3) is 0 Å². The van der Waals surface area contributed by atoms with E-state index in [1.807, 2.05) is 27.7 Å². The van der Waals surface area contributed by atoms with Gasteiger partial charge in [0.25, 0.3) is 0 Å². The van der Waals surface area contributed by atoms with Crippen molar-refractivity contribution >= 4 is 0 Å². The van der Waals surface area contributed by atoms with Crippen LogP contribution in [-0.2, 0) is 12.8 Å². The first-order valence-corrected chi connectivity index (χ1v) is 9.93. The Bertz CT molecular complexity index is 1040. The molecule has 1 aromatic carbocycles. The molecule has 0 aliphatic heterocycles. The molecule has 0 amide bonds. The minimum atomic E-state index is -2.16. The van der Waals surface area contributed by atoms with Crippen LogP contribution in [0.2, 0.25) is 0 Å². The van der Waals surface area contributed by atoms with E-state index in [1.165, 1.54) is 0 Å². The van der Waals surface area contributed by atoms with Crippen molar-refractivity contribution < 1.29 is 22.0 Å². The maximum atomic E-state index is 14.9. The van der Waals surface area contributed by atoms with Gasteiger partial charge in [-0.2, -0.15) is 0 Å². The molecule has 2 heterocycles. The Kier molecular flexibility index (Phi) is 5.85. The molecule has 7 heteroatoms. The Balaban J connectivity index is 2.45. The third kappa shape index (κ3) is 3.15. The van der Waals surface area contributed by atoms with Crippen LogP contribution in [0.15, 0.2) is 0 Å². The second kappa shape index (κ2) is 7.93. The van der Waals surface area contributed by atoms with E-state index in [1.54, 1.807) is 13.8 Å². The Hall–Kier alpha value is -2.57. The molecule has 0 radical (unpaired) electrons. The van der Waals surface area contributed by atoms with Gasteiger partial charge in [0.1, 0.15) is 0 Å². The number of hydrogen-bond acceptors (Lipinski definition) is 0. The van der Waals surface area contributed by atoms with Crippen LogP contribution in [0.1, 0.15) is 70.4 Å². The maximum Gasteiger partial charge on any atom is 0.200 e. The van der Waals surface area contributed by atoms with Gasteiger partial charge in [0.15, 0.2) is 23.3 Å². The molecule has 3 aromatic rings. The SMILES string of the molecule is CCc1c(C)[nH]c(C(c2[nH]c(C)c(CC)c2C)c2c(F)c(F)c(F)c(F)c2F)c1C. The van der Waals surface area contributed by atoms with Crippen LogP contribution in [-0.4, -0.2) is 9.97 Å². The number of H-pyrrole nitrogens is 2.